The van der Waals surface area contributed by atoms with Gasteiger partial charge in [-0.3, -0.25) is 10.1 Å². The summed E-state index contributed by atoms with van der Waals surface area (Å²) in [5.74, 6) is -0.333. The predicted octanol–water partition coefficient (Wildman–Crippen LogP) is 1.21. The van der Waals surface area contributed by atoms with E-state index in [0.29, 0.717) is 18.9 Å². The maximum absolute atomic E-state index is 12.3. The highest BCUT2D eigenvalue weighted by molar-refractivity contribution is 5.92. The van der Waals surface area contributed by atoms with Crippen molar-refractivity contribution in [1.82, 2.24) is 9.88 Å². The summed E-state index contributed by atoms with van der Waals surface area (Å²) in [6.45, 7) is 6.79. The highest BCUT2D eigenvalue weighted by atomic mass is 16.5. The van der Waals surface area contributed by atoms with E-state index in [1.54, 1.807) is 17.0 Å². The van der Waals surface area contributed by atoms with E-state index in [4.69, 9.17) is 10.5 Å². The van der Waals surface area contributed by atoms with E-state index in [1.807, 2.05) is 20.8 Å². The first-order chi connectivity index (χ1) is 9.77. The maximum Gasteiger partial charge on any atom is 0.323 e. The molecule has 2 rings (SSSR count). The second kappa shape index (κ2) is 5.69. The van der Waals surface area contributed by atoms with Crippen LogP contribution in [0.1, 0.15) is 31.3 Å². The molecule has 1 fully saturated rings. The van der Waals surface area contributed by atoms with E-state index in [9.17, 15) is 9.59 Å². The number of carbonyl (C=O) groups excluding carboxylic acids is 2. The third-order valence-corrected chi connectivity index (χ3v) is 3.09. The molecule has 0 aliphatic carbocycles. The van der Waals surface area contributed by atoms with Gasteiger partial charge in [0, 0.05) is 6.54 Å². The number of morpholine rings is 1. The Morgan fingerprint density at radius 3 is 2.81 bits per heavy atom. The molecular weight excluding hydrogens is 272 g/mol. The molecule has 0 radical (unpaired) electrons. The fourth-order valence-electron chi connectivity index (χ4n) is 2.44. The highest BCUT2D eigenvalue weighted by Crippen LogP contribution is 2.21. The molecule has 1 aromatic heterocycles. The van der Waals surface area contributed by atoms with Gasteiger partial charge in [0.2, 0.25) is 0 Å². The number of amides is 3. The number of nitrogens with two attached hydrogens (primary N) is 1. The van der Waals surface area contributed by atoms with Gasteiger partial charge < -0.3 is 15.4 Å². The van der Waals surface area contributed by atoms with Gasteiger partial charge in [-0.1, -0.05) is 6.07 Å². The van der Waals surface area contributed by atoms with Gasteiger partial charge in [-0.15, -0.1) is 0 Å². The molecule has 7 nitrogen and oxygen atoms in total. The Morgan fingerprint density at radius 2 is 2.19 bits per heavy atom. The van der Waals surface area contributed by atoms with Crippen LogP contribution < -0.4 is 11.1 Å². The Labute approximate surface area is 123 Å². The zero-order chi connectivity index (χ0) is 15.6. The average Bonchev–Trinajstić information content (AvgIpc) is 2.36. The summed E-state index contributed by atoms with van der Waals surface area (Å²) >= 11 is 0. The van der Waals surface area contributed by atoms with Crippen molar-refractivity contribution in [3.05, 3.63) is 23.9 Å². The summed E-state index contributed by atoms with van der Waals surface area (Å²) in [4.78, 5) is 29.0. The van der Waals surface area contributed by atoms with Crippen LogP contribution >= 0.6 is 0 Å². The SMILES string of the molecule is CC1CN(C(=O)Nc2cccc(C(N)=O)n2)CC(C)(C)O1. The average molecular weight is 292 g/mol. The van der Waals surface area contributed by atoms with Crippen molar-refractivity contribution < 1.29 is 14.3 Å². The molecule has 2 heterocycles. The number of nitrogens with zero attached hydrogens (tertiary/aromatic N) is 2. The quantitative estimate of drug-likeness (QED) is 0.856. The van der Waals surface area contributed by atoms with E-state index in [0.717, 1.165) is 0 Å². The first-order valence-electron chi connectivity index (χ1n) is 6.77. The molecule has 1 saturated heterocycles. The molecule has 1 unspecified atom stereocenters. The van der Waals surface area contributed by atoms with Crippen LogP contribution in [0.5, 0.6) is 0 Å². The Morgan fingerprint density at radius 1 is 1.48 bits per heavy atom. The molecule has 0 bridgehead atoms. The lowest BCUT2D eigenvalue weighted by molar-refractivity contribution is -0.116. The minimum absolute atomic E-state index is 0.0376. The third kappa shape index (κ3) is 3.91. The van der Waals surface area contributed by atoms with Crippen molar-refractivity contribution in [2.24, 2.45) is 5.73 Å². The van der Waals surface area contributed by atoms with Gasteiger partial charge >= 0.3 is 6.03 Å². The molecule has 7 heteroatoms. The normalized spacial score (nSPS) is 20.9. The molecule has 1 aromatic rings. The molecule has 3 N–H and O–H groups in total. The number of hydrogen-bond donors (Lipinski definition) is 2. The van der Waals surface area contributed by atoms with Crippen LogP contribution in [0.4, 0.5) is 10.6 Å². The molecule has 21 heavy (non-hydrogen) atoms. The number of rotatable bonds is 2. The molecule has 3 amide bonds. The fraction of sp³-hybridized carbons (Fsp3) is 0.500. The minimum atomic E-state index is -0.632. The first-order valence-corrected chi connectivity index (χ1v) is 6.77. The summed E-state index contributed by atoms with van der Waals surface area (Å²) in [5.41, 5.74) is 4.89. The van der Waals surface area contributed by atoms with Crippen molar-refractivity contribution in [1.29, 1.82) is 0 Å². The standard InChI is InChI=1S/C14H20N4O3/c1-9-7-18(8-14(2,3)21-9)13(20)17-11-6-4-5-10(16-11)12(15)19/h4-6,9H,7-8H2,1-3H3,(H2,15,19)(H,16,17,20). The van der Waals surface area contributed by atoms with Crippen LogP contribution in [0.25, 0.3) is 0 Å². The molecular formula is C14H20N4O3. The molecule has 1 aliphatic rings. The largest absolute Gasteiger partial charge is 0.369 e. The van der Waals surface area contributed by atoms with E-state index in [1.165, 1.54) is 6.07 Å². The first kappa shape index (κ1) is 15.2. The Bertz CT molecular complexity index is 559. The van der Waals surface area contributed by atoms with E-state index in [-0.39, 0.29) is 17.8 Å². The summed E-state index contributed by atoms with van der Waals surface area (Å²) < 4.78 is 5.76. The topological polar surface area (TPSA) is 97.6 Å². The number of primary amides is 1. The van der Waals surface area contributed by atoms with Crippen LogP contribution in [-0.2, 0) is 4.74 Å². The lowest BCUT2D eigenvalue weighted by Crippen LogP contribution is -2.54. The summed E-state index contributed by atoms with van der Waals surface area (Å²) in [5, 5.41) is 2.68. The van der Waals surface area contributed by atoms with Gasteiger partial charge in [-0.25, -0.2) is 9.78 Å². The Balaban J connectivity index is 2.07. The van der Waals surface area contributed by atoms with Crippen molar-refractivity contribution in [2.75, 3.05) is 18.4 Å². The van der Waals surface area contributed by atoms with Crippen LogP contribution in [-0.4, -0.2) is 46.6 Å². The second-order valence-corrected chi connectivity index (χ2v) is 5.77. The molecule has 114 valence electrons. The smallest absolute Gasteiger partial charge is 0.323 e. The predicted molar refractivity (Wildman–Crippen MR) is 78.0 cm³/mol. The van der Waals surface area contributed by atoms with Gasteiger partial charge in [0.15, 0.2) is 0 Å². The van der Waals surface area contributed by atoms with Gasteiger partial charge in [-0.2, -0.15) is 0 Å². The van der Waals surface area contributed by atoms with Crippen molar-refractivity contribution in [3.8, 4) is 0 Å². The molecule has 0 spiro atoms. The molecule has 1 atom stereocenters. The second-order valence-electron chi connectivity index (χ2n) is 5.77. The van der Waals surface area contributed by atoms with Crippen molar-refractivity contribution in [2.45, 2.75) is 32.5 Å². The van der Waals surface area contributed by atoms with Gasteiger partial charge in [0.05, 0.1) is 18.2 Å². The maximum atomic E-state index is 12.3. The number of hydrogen-bond acceptors (Lipinski definition) is 4. The fourth-order valence-corrected chi connectivity index (χ4v) is 2.44. The van der Waals surface area contributed by atoms with Gasteiger partial charge in [-0.05, 0) is 32.9 Å². The van der Waals surface area contributed by atoms with Crippen LogP contribution in [0.2, 0.25) is 0 Å². The monoisotopic (exact) mass is 292 g/mol. The van der Waals surface area contributed by atoms with Crippen molar-refractivity contribution in [3.63, 3.8) is 0 Å². The Hall–Kier alpha value is -2.15. The molecule has 0 saturated carbocycles. The summed E-state index contributed by atoms with van der Waals surface area (Å²) in [6.07, 6.45) is -0.0376. The van der Waals surface area contributed by atoms with Crippen LogP contribution in [0, 0.1) is 0 Å². The van der Waals surface area contributed by atoms with Crippen LogP contribution in [0.15, 0.2) is 18.2 Å². The number of ether oxygens (including phenoxy) is 1. The van der Waals surface area contributed by atoms with Crippen molar-refractivity contribution >= 4 is 17.8 Å². The number of carbonyl (C=O) groups is 2. The van der Waals surface area contributed by atoms with E-state index in [2.05, 4.69) is 10.3 Å². The number of aromatic nitrogens is 1. The third-order valence-electron chi connectivity index (χ3n) is 3.09. The lowest BCUT2D eigenvalue weighted by atomic mass is 10.1. The highest BCUT2D eigenvalue weighted by Gasteiger charge is 2.33. The number of pyridine rings is 1. The number of nitrogens with one attached hydrogen (secondary N) is 1. The minimum Gasteiger partial charge on any atom is -0.369 e. The molecule has 0 aromatic carbocycles. The Kier molecular flexibility index (Phi) is 4.13. The van der Waals surface area contributed by atoms with E-state index < -0.39 is 11.5 Å². The van der Waals surface area contributed by atoms with Crippen LogP contribution in [0.3, 0.4) is 0 Å². The zero-order valence-corrected chi connectivity index (χ0v) is 12.4. The lowest BCUT2D eigenvalue weighted by Gasteiger charge is -2.41. The number of anilines is 1. The van der Waals surface area contributed by atoms with Gasteiger partial charge in [0.1, 0.15) is 11.5 Å². The van der Waals surface area contributed by atoms with Gasteiger partial charge in [0.25, 0.3) is 5.91 Å². The number of urea groups is 1. The summed E-state index contributed by atoms with van der Waals surface area (Å²) in [6, 6.07) is 4.46. The zero-order valence-electron chi connectivity index (χ0n) is 12.4. The summed E-state index contributed by atoms with van der Waals surface area (Å²) in [7, 11) is 0. The molecule has 1 aliphatic heterocycles. The van der Waals surface area contributed by atoms with E-state index >= 15 is 0 Å².